The van der Waals surface area contributed by atoms with E-state index in [-0.39, 0.29) is 24.5 Å². The van der Waals surface area contributed by atoms with Gasteiger partial charge in [-0.05, 0) is 112 Å². The highest BCUT2D eigenvalue weighted by Crippen LogP contribution is 2.36. The lowest BCUT2D eigenvalue weighted by molar-refractivity contribution is 0.0636. The van der Waals surface area contributed by atoms with Gasteiger partial charge in [0.15, 0.2) is 0 Å². The first-order chi connectivity index (χ1) is 18.4. The SMILES string of the molecule is Cc1cc(OCC(O)COc2cc(C)cc3oc(=O)c4c(c23)CCCC4)c2c3c(c(=O)oc2c1)CCCC3. The molecule has 4 aromatic rings. The first-order valence-electron chi connectivity index (χ1n) is 13.5. The third kappa shape index (κ3) is 4.49. The number of benzene rings is 2. The smallest absolute Gasteiger partial charge is 0.339 e. The van der Waals surface area contributed by atoms with Crippen LogP contribution in [0.25, 0.3) is 21.9 Å². The van der Waals surface area contributed by atoms with Crippen molar-refractivity contribution in [2.45, 2.75) is 71.3 Å². The van der Waals surface area contributed by atoms with Gasteiger partial charge >= 0.3 is 11.3 Å². The quantitative estimate of drug-likeness (QED) is 0.356. The van der Waals surface area contributed by atoms with Crippen molar-refractivity contribution in [2.24, 2.45) is 0 Å². The highest BCUT2D eigenvalue weighted by Gasteiger charge is 2.23. The van der Waals surface area contributed by atoms with Crippen molar-refractivity contribution in [1.82, 2.24) is 0 Å². The molecule has 0 aliphatic heterocycles. The molecule has 7 nitrogen and oxygen atoms in total. The van der Waals surface area contributed by atoms with Gasteiger partial charge < -0.3 is 23.4 Å². The molecule has 1 N–H and O–H groups in total. The number of aliphatic hydroxyl groups excluding tert-OH is 1. The Labute approximate surface area is 220 Å². The Morgan fingerprint density at radius 3 is 1.50 bits per heavy atom. The summed E-state index contributed by atoms with van der Waals surface area (Å²) in [5.74, 6) is 1.22. The van der Waals surface area contributed by atoms with E-state index >= 15 is 0 Å². The van der Waals surface area contributed by atoms with E-state index in [0.29, 0.717) is 35.5 Å². The Morgan fingerprint density at radius 1 is 0.684 bits per heavy atom. The fraction of sp³-hybridized carbons (Fsp3) is 0.419. The second-order valence-corrected chi connectivity index (χ2v) is 10.7. The first kappa shape index (κ1) is 24.7. The van der Waals surface area contributed by atoms with E-state index in [0.717, 1.165) is 82.7 Å². The molecular formula is C31H32O7. The van der Waals surface area contributed by atoms with Crippen LogP contribution < -0.4 is 20.7 Å². The van der Waals surface area contributed by atoms with Crippen molar-refractivity contribution in [3.8, 4) is 11.5 Å². The van der Waals surface area contributed by atoms with Crippen LogP contribution in [-0.4, -0.2) is 24.4 Å². The van der Waals surface area contributed by atoms with Crippen molar-refractivity contribution in [2.75, 3.05) is 13.2 Å². The van der Waals surface area contributed by atoms with Crippen LogP contribution in [0.4, 0.5) is 0 Å². The molecule has 0 bridgehead atoms. The van der Waals surface area contributed by atoms with Crippen LogP contribution in [0.15, 0.2) is 42.7 Å². The largest absolute Gasteiger partial charge is 0.490 e. The minimum atomic E-state index is -0.904. The number of rotatable bonds is 6. The summed E-state index contributed by atoms with van der Waals surface area (Å²) in [5.41, 5.74) is 5.82. The predicted octanol–water partition coefficient (Wildman–Crippen LogP) is 5.09. The molecule has 198 valence electrons. The van der Waals surface area contributed by atoms with Crippen LogP contribution in [0.2, 0.25) is 0 Å². The summed E-state index contributed by atoms with van der Waals surface area (Å²) in [5, 5.41) is 12.5. The van der Waals surface area contributed by atoms with Gasteiger partial charge in [-0.2, -0.15) is 0 Å². The molecule has 2 aromatic heterocycles. The molecule has 0 fully saturated rings. The molecule has 2 aromatic carbocycles. The van der Waals surface area contributed by atoms with E-state index in [4.69, 9.17) is 18.3 Å². The van der Waals surface area contributed by atoms with E-state index in [9.17, 15) is 14.7 Å². The highest BCUT2D eigenvalue weighted by atomic mass is 16.5. The Morgan fingerprint density at radius 2 is 1.08 bits per heavy atom. The minimum absolute atomic E-state index is 0.0173. The van der Waals surface area contributed by atoms with Gasteiger partial charge in [-0.15, -0.1) is 0 Å². The van der Waals surface area contributed by atoms with Gasteiger partial charge in [0.25, 0.3) is 0 Å². The molecule has 2 aliphatic rings. The average molecular weight is 517 g/mol. The average Bonchev–Trinajstić information content (AvgIpc) is 2.90. The Bertz CT molecular complexity index is 1540. The number of ether oxygens (including phenoxy) is 2. The molecule has 0 saturated carbocycles. The summed E-state index contributed by atoms with van der Waals surface area (Å²) in [6, 6.07) is 7.57. The molecule has 0 atom stereocenters. The third-order valence-electron chi connectivity index (χ3n) is 7.72. The van der Waals surface area contributed by atoms with Crippen LogP contribution in [0, 0.1) is 13.8 Å². The first-order valence-corrected chi connectivity index (χ1v) is 13.5. The normalized spacial score (nSPS) is 15.1. The maximum atomic E-state index is 12.5. The van der Waals surface area contributed by atoms with E-state index in [1.165, 1.54) is 0 Å². The van der Waals surface area contributed by atoms with E-state index in [1.807, 2.05) is 38.1 Å². The zero-order chi connectivity index (χ0) is 26.4. The van der Waals surface area contributed by atoms with Crippen LogP contribution in [-0.2, 0) is 25.7 Å². The summed E-state index contributed by atoms with van der Waals surface area (Å²) in [6.45, 7) is 3.88. The molecule has 0 unspecified atom stereocenters. The molecule has 0 spiro atoms. The van der Waals surface area contributed by atoms with Gasteiger partial charge in [-0.3, -0.25) is 0 Å². The van der Waals surface area contributed by atoms with E-state index in [2.05, 4.69) is 0 Å². The summed E-state index contributed by atoms with van der Waals surface area (Å²) >= 11 is 0. The second kappa shape index (κ2) is 9.95. The topological polar surface area (TPSA) is 99.1 Å². The van der Waals surface area contributed by atoms with Crippen LogP contribution >= 0.6 is 0 Å². The molecule has 2 heterocycles. The van der Waals surface area contributed by atoms with E-state index in [1.54, 1.807) is 0 Å². The second-order valence-electron chi connectivity index (χ2n) is 10.7. The Hall–Kier alpha value is -3.58. The zero-order valence-electron chi connectivity index (χ0n) is 21.9. The zero-order valence-corrected chi connectivity index (χ0v) is 21.9. The molecule has 2 aliphatic carbocycles. The van der Waals surface area contributed by atoms with Crippen molar-refractivity contribution >= 4 is 21.9 Å². The van der Waals surface area contributed by atoms with Crippen LogP contribution in [0.1, 0.15) is 59.1 Å². The van der Waals surface area contributed by atoms with Crippen LogP contribution in [0.5, 0.6) is 11.5 Å². The lowest BCUT2D eigenvalue weighted by Gasteiger charge is -2.21. The molecule has 7 heteroatoms. The van der Waals surface area contributed by atoms with Crippen molar-refractivity contribution in [1.29, 1.82) is 0 Å². The molecule has 0 radical (unpaired) electrons. The van der Waals surface area contributed by atoms with E-state index < -0.39 is 6.10 Å². The summed E-state index contributed by atoms with van der Waals surface area (Å²) in [6.07, 6.45) is 6.12. The maximum Gasteiger partial charge on any atom is 0.339 e. The third-order valence-corrected chi connectivity index (χ3v) is 7.72. The van der Waals surface area contributed by atoms with Gasteiger partial charge in [0.2, 0.25) is 0 Å². The molecular weight excluding hydrogens is 484 g/mol. The minimum Gasteiger partial charge on any atom is -0.490 e. The number of fused-ring (bicyclic) bond motifs is 6. The monoisotopic (exact) mass is 516 g/mol. The number of hydrogen-bond acceptors (Lipinski definition) is 7. The van der Waals surface area contributed by atoms with Crippen molar-refractivity contribution in [3.05, 3.63) is 78.5 Å². The molecule has 0 saturated heterocycles. The fourth-order valence-electron chi connectivity index (χ4n) is 5.98. The summed E-state index contributed by atoms with van der Waals surface area (Å²) < 4.78 is 23.5. The van der Waals surface area contributed by atoms with Gasteiger partial charge in [0, 0.05) is 11.1 Å². The maximum absolute atomic E-state index is 12.5. The van der Waals surface area contributed by atoms with Crippen molar-refractivity contribution in [3.63, 3.8) is 0 Å². The summed E-state index contributed by atoms with van der Waals surface area (Å²) in [4.78, 5) is 25.0. The summed E-state index contributed by atoms with van der Waals surface area (Å²) in [7, 11) is 0. The molecule has 0 amide bonds. The molecule has 6 rings (SSSR count). The lowest BCUT2D eigenvalue weighted by Crippen LogP contribution is -2.25. The Kier molecular flexibility index (Phi) is 6.48. The van der Waals surface area contributed by atoms with Gasteiger partial charge in [0.1, 0.15) is 42.0 Å². The van der Waals surface area contributed by atoms with Crippen molar-refractivity contribution < 1.29 is 23.4 Å². The fourth-order valence-corrected chi connectivity index (χ4v) is 5.98. The predicted molar refractivity (Wildman–Crippen MR) is 145 cm³/mol. The number of hydrogen-bond donors (Lipinski definition) is 1. The lowest BCUT2D eigenvalue weighted by atomic mass is 9.90. The van der Waals surface area contributed by atoms with Gasteiger partial charge in [-0.1, -0.05) is 0 Å². The number of aryl methyl sites for hydroxylation is 4. The molecule has 38 heavy (non-hydrogen) atoms. The standard InChI is InChI=1S/C31H32O7/c1-17-11-24(28-20-7-3-5-9-22(20)30(33)37-26(28)13-17)35-15-19(32)16-36-25-12-18(2)14-27-29(25)21-8-4-6-10-23(21)31(34)38-27/h11-14,19,32H,3-10,15-16H2,1-2H3. The van der Waals surface area contributed by atoms with Gasteiger partial charge in [0.05, 0.1) is 10.8 Å². The Balaban J connectivity index is 1.25. The highest BCUT2D eigenvalue weighted by molar-refractivity contribution is 5.89. The number of aliphatic hydroxyl groups is 1. The van der Waals surface area contributed by atoms with Gasteiger partial charge in [-0.25, -0.2) is 9.59 Å². The van der Waals surface area contributed by atoms with Crippen LogP contribution in [0.3, 0.4) is 0 Å².